The van der Waals surface area contributed by atoms with Crippen LogP contribution in [-0.2, 0) is 33.4 Å². The van der Waals surface area contributed by atoms with Gasteiger partial charge in [0, 0.05) is 6.04 Å². The highest BCUT2D eigenvalue weighted by molar-refractivity contribution is 7.88. The van der Waals surface area contributed by atoms with Gasteiger partial charge in [-0.2, -0.15) is 0 Å². The van der Waals surface area contributed by atoms with Gasteiger partial charge in [-0.05, 0) is 67.0 Å². The molecule has 0 heterocycles. The Morgan fingerprint density at radius 1 is 1.07 bits per heavy atom. The molecule has 0 radical (unpaired) electrons. The van der Waals surface area contributed by atoms with E-state index in [0.717, 1.165) is 18.4 Å². The molecular formula is C21H25NO4S. The predicted molar refractivity (Wildman–Crippen MR) is 105 cm³/mol. The van der Waals surface area contributed by atoms with Crippen molar-refractivity contribution >= 4 is 16.0 Å². The molecule has 0 saturated heterocycles. The molecule has 0 fully saturated rings. The van der Waals surface area contributed by atoms with Gasteiger partial charge in [-0.25, -0.2) is 17.9 Å². The SMILES string of the molecule is COC(=O)c1ccc(CS(=O)(=O)N[C@@H](C)c2ccc3c(c2)CCCC3)cc1. The monoisotopic (exact) mass is 387 g/mol. The van der Waals surface area contributed by atoms with Gasteiger partial charge in [-0.3, -0.25) is 0 Å². The summed E-state index contributed by atoms with van der Waals surface area (Å²) in [5.74, 6) is -0.576. The Kier molecular flexibility index (Phi) is 5.97. The second-order valence-electron chi connectivity index (χ2n) is 7.02. The Morgan fingerprint density at radius 2 is 1.74 bits per heavy atom. The molecule has 5 nitrogen and oxygen atoms in total. The van der Waals surface area contributed by atoms with E-state index in [1.165, 1.54) is 31.1 Å². The molecular weight excluding hydrogens is 362 g/mol. The zero-order valence-corrected chi connectivity index (χ0v) is 16.5. The number of rotatable bonds is 6. The van der Waals surface area contributed by atoms with Crippen LogP contribution in [0.5, 0.6) is 0 Å². The van der Waals surface area contributed by atoms with Crippen molar-refractivity contribution in [2.24, 2.45) is 0 Å². The highest BCUT2D eigenvalue weighted by Gasteiger charge is 2.18. The van der Waals surface area contributed by atoms with E-state index in [1.807, 2.05) is 13.0 Å². The molecule has 0 bridgehead atoms. The van der Waals surface area contributed by atoms with Crippen LogP contribution in [0.1, 0.15) is 58.4 Å². The molecule has 0 spiro atoms. The van der Waals surface area contributed by atoms with Crippen molar-refractivity contribution in [3.8, 4) is 0 Å². The van der Waals surface area contributed by atoms with Gasteiger partial charge < -0.3 is 4.74 Å². The highest BCUT2D eigenvalue weighted by atomic mass is 32.2. The molecule has 1 N–H and O–H groups in total. The summed E-state index contributed by atoms with van der Waals surface area (Å²) >= 11 is 0. The lowest BCUT2D eigenvalue weighted by Gasteiger charge is -2.20. The van der Waals surface area contributed by atoms with Crippen LogP contribution >= 0.6 is 0 Å². The number of ether oxygens (including phenoxy) is 1. The first kappa shape index (κ1) is 19.6. The van der Waals surface area contributed by atoms with Crippen molar-refractivity contribution in [3.63, 3.8) is 0 Å². The van der Waals surface area contributed by atoms with Crippen LogP contribution in [-0.4, -0.2) is 21.5 Å². The minimum atomic E-state index is -3.51. The Labute approximate surface area is 160 Å². The van der Waals surface area contributed by atoms with Crippen LogP contribution in [0.2, 0.25) is 0 Å². The number of benzene rings is 2. The number of methoxy groups -OCH3 is 1. The van der Waals surface area contributed by atoms with Gasteiger partial charge in [0.1, 0.15) is 0 Å². The molecule has 6 heteroatoms. The number of nitrogens with one attached hydrogen (secondary N) is 1. The van der Waals surface area contributed by atoms with Gasteiger partial charge in [-0.15, -0.1) is 0 Å². The van der Waals surface area contributed by atoms with Crippen LogP contribution < -0.4 is 4.72 Å². The fourth-order valence-corrected chi connectivity index (χ4v) is 4.87. The van der Waals surface area contributed by atoms with E-state index in [2.05, 4.69) is 21.6 Å². The number of esters is 1. The van der Waals surface area contributed by atoms with E-state index in [0.29, 0.717) is 11.1 Å². The first-order valence-corrected chi connectivity index (χ1v) is 10.8. The summed E-state index contributed by atoms with van der Waals surface area (Å²) in [6, 6.07) is 12.4. The van der Waals surface area contributed by atoms with Crippen molar-refractivity contribution in [2.45, 2.75) is 44.4 Å². The molecule has 3 rings (SSSR count). The lowest BCUT2D eigenvalue weighted by atomic mass is 9.89. The standard InChI is InChI=1S/C21H25NO4S/c1-15(19-12-11-17-5-3-4-6-20(17)13-19)22-27(24,25)14-16-7-9-18(10-8-16)21(23)26-2/h7-13,15,22H,3-6,14H2,1-2H3/t15-/m0/s1. The van der Waals surface area contributed by atoms with Crippen molar-refractivity contribution in [2.75, 3.05) is 7.11 Å². The maximum absolute atomic E-state index is 12.5. The Morgan fingerprint density at radius 3 is 2.41 bits per heavy atom. The van der Waals surface area contributed by atoms with E-state index in [4.69, 9.17) is 0 Å². The second-order valence-corrected chi connectivity index (χ2v) is 8.78. The van der Waals surface area contributed by atoms with Crippen molar-refractivity contribution in [3.05, 3.63) is 70.3 Å². The Balaban J connectivity index is 1.67. The average molecular weight is 388 g/mol. The van der Waals surface area contributed by atoms with Gasteiger partial charge in [0.05, 0.1) is 18.4 Å². The smallest absolute Gasteiger partial charge is 0.337 e. The molecule has 2 aromatic rings. The summed E-state index contributed by atoms with van der Waals surface area (Å²) in [7, 11) is -2.20. The summed E-state index contributed by atoms with van der Waals surface area (Å²) in [6.45, 7) is 1.86. The predicted octanol–water partition coefficient (Wildman–Crippen LogP) is 3.53. The van der Waals surface area contributed by atoms with Crippen molar-refractivity contribution < 1.29 is 17.9 Å². The number of hydrogen-bond donors (Lipinski definition) is 1. The summed E-state index contributed by atoms with van der Waals surface area (Å²) in [5.41, 5.74) is 4.72. The fourth-order valence-electron chi connectivity index (χ4n) is 3.48. The zero-order chi connectivity index (χ0) is 19.4. The van der Waals surface area contributed by atoms with E-state index in [1.54, 1.807) is 24.3 Å². The lowest BCUT2D eigenvalue weighted by molar-refractivity contribution is 0.0600. The van der Waals surface area contributed by atoms with E-state index >= 15 is 0 Å². The number of sulfonamides is 1. The molecule has 0 amide bonds. The molecule has 0 saturated carbocycles. The molecule has 1 aliphatic carbocycles. The summed E-state index contributed by atoms with van der Waals surface area (Å²) in [5, 5.41) is 0. The zero-order valence-electron chi connectivity index (χ0n) is 15.7. The summed E-state index contributed by atoms with van der Waals surface area (Å²) in [4.78, 5) is 11.5. The molecule has 144 valence electrons. The number of aryl methyl sites for hydroxylation is 2. The van der Waals surface area contributed by atoms with E-state index in [9.17, 15) is 13.2 Å². The summed E-state index contributed by atoms with van der Waals surface area (Å²) in [6.07, 6.45) is 4.59. The van der Waals surface area contributed by atoms with Crippen molar-refractivity contribution in [1.29, 1.82) is 0 Å². The largest absolute Gasteiger partial charge is 0.465 e. The van der Waals surface area contributed by atoms with Gasteiger partial charge >= 0.3 is 5.97 Å². The Bertz CT molecular complexity index is 920. The van der Waals surface area contributed by atoms with Gasteiger partial charge in [0.2, 0.25) is 10.0 Å². The average Bonchev–Trinajstić information content (AvgIpc) is 2.66. The van der Waals surface area contributed by atoms with Crippen LogP contribution in [0, 0.1) is 0 Å². The third-order valence-electron chi connectivity index (χ3n) is 4.96. The van der Waals surface area contributed by atoms with E-state index < -0.39 is 16.0 Å². The van der Waals surface area contributed by atoms with Gasteiger partial charge in [0.15, 0.2) is 0 Å². The van der Waals surface area contributed by atoms with Crippen molar-refractivity contribution in [1.82, 2.24) is 4.72 Å². The Hall–Kier alpha value is -2.18. The molecule has 0 aliphatic heterocycles. The minimum absolute atomic E-state index is 0.135. The maximum Gasteiger partial charge on any atom is 0.337 e. The maximum atomic E-state index is 12.5. The molecule has 1 aliphatic rings. The number of hydrogen-bond acceptors (Lipinski definition) is 4. The molecule has 0 aromatic heterocycles. The third-order valence-corrected chi connectivity index (χ3v) is 6.39. The summed E-state index contributed by atoms with van der Waals surface area (Å²) < 4.78 is 32.5. The quantitative estimate of drug-likeness (QED) is 0.770. The first-order valence-electron chi connectivity index (χ1n) is 9.17. The third kappa shape index (κ3) is 4.96. The first-order chi connectivity index (χ1) is 12.9. The lowest BCUT2D eigenvalue weighted by Crippen LogP contribution is -2.28. The number of carbonyl (C=O) groups is 1. The molecule has 1 atom stereocenters. The van der Waals surface area contributed by atoms with Crippen LogP contribution in [0.15, 0.2) is 42.5 Å². The highest BCUT2D eigenvalue weighted by Crippen LogP contribution is 2.25. The molecule has 2 aromatic carbocycles. The topological polar surface area (TPSA) is 72.5 Å². The second kappa shape index (κ2) is 8.23. The molecule has 0 unspecified atom stereocenters. The van der Waals surface area contributed by atoms with Gasteiger partial charge in [0.25, 0.3) is 0 Å². The number of fused-ring (bicyclic) bond motifs is 1. The molecule has 27 heavy (non-hydrogen) atoms. The minimum Gasteiger partial charge on any atom is -0.465 e. The van der Waals surface area contributed by atoms with Gasteiger partial charge in [-0.1, -0.05) is 30.3 Å². The van der Waals surface area contributed by atoms with Crippen LogP contribution in [0.25, 0.3) is 0 Å². The van der Waals surface area contributed by atoms with E-state index in [-0.39, 0.29) is 11.8 Å². The number of carbonyl (C=O) groups excluding carboxylic acids is 1. The normalized spacial score (nSPS) is 15.0. The van der Waals surface area contributed by atoms with Crippen LogP contribution in [0.4, 0.5) is 0 Å². The van der Waals surface area contributed by atoms with Crippen LogP contribution in [0.3, 0.4) is 0 Å². The fraction of sp³-hybridized carbons (Fsp3) is 0.381.